The van der Waals surface area contributed by atoms with E-state index >= 15 is 0 Å². The highest BCUT2D eigenvalue weighted by Gasteiger charge is 2.41. The van der Waals surface area contributed by atoms with Crippen LogP contribution < -0.4 is 5.32 Å². The highest BCUT2D eigenvalue weighted by molar-refractivity contribution is 5.23. The van der Waals surface area contributed by atoms with Crippen molar-refractivity contribution >= 4 is 0 Å². The van der Waals surface area contributed by atoms with Gasteiger partial charge >= 0.3 is 0 Å². The van der Waals surface area contributed by atoms with Gasteiger partial charge in [-0.3, -0.25) is 0 Å². The molecule has 0 aliphatic heterocycles. The van der Waals surface area contributed by atoms with Gasteiger partial charge < -0.3 is 10.4 Å². The van der Waals surface area contributed by atoms with E-state index in [1.807, 2.05) is 12.1 Å². The van der Waals surface area contributed by atoms with E-state index in [9.17, 15) is 5.11 Å². The summed E-state index contributed by atoms with van der Waals surface area (Å²) in [6.45, 7) is 2.77. The molecule has 0 spiro atoms. The summed E-state index contributed by atoms with van der Waals surface area (Å²) in [7, 11) is 0. The Morgan fingerprint density at radius 2 is 1.67 bits per heavy atom. The molecule has 2 fully saturated rings. The van der Waals surface area contributed by atoms with Crippen molar-refractivity contribution in [2.75, 3.05) is 6.54 Å². The van der Waals surface area contributed by atoms with Crippen LogP contribution in [-0.2, 0) is 0 Å². The van der Waals surface area contributed by atoms with E-state index in [2.05, 4.69) is 24.4 Å². The maximum atomic E-state index is 10.2. The highest BCUT2D eigenvalue weighted by atomic mass is 16.3. The fourth-order valence-electron chi connectivity index (χ4n) is 2.78. The first-order valence-electron chi connectivity index (χ1n) is 7.22. The number of aryl methyl sites for hydroxylation is 1. The lowest BCUT2D eigenvalue weighted by Gasteiger charge is -2.20. The van der Waals surface area contributed by atoms with Gasteiger partial charge in [-0.05, 0) is 50.0 Å². The molecule has 18 heavy (non-hydrogen) atoms. The van der Waals surface area contributed by atoms with E-state index in [1.54, 1.807) is 0 Å². The van der Waals surface area contributed by atoms with Gasteiger partial charge in [0.15, 0.2) is 0 Å². The Morgan fingerprint density at radius 3 is 2.17 bits per heavy atom. The van der Waals surface area contributed by atoms with Crippen LogP contribution in [0.4, 0.5) is 0 Å². The molecular formula is C16H23NO. The second-order valence-electron chi connectivity index (χ2n) is 6.04. The van der Waals surface area contributed by atoms with Crippen LogP contribution in [-0.4, -0.2) is 17.7 Å². The SMILES string of the molecule is Cc1ccc(C(O)CNC(C2CC2)C2CC2)cc1. The van der Waals surface area contributed by atoms with Gasteiger partial charge in [0.2, 0.25) is 0 Å². The van der Waals surface area contributed by atoms with Crippen molar-refractivity contribution in [3.05, 3.63) is 35.4 Å². The van der Waals surface area contributed by atoms with Gasteiger partial charge in [-0.15, -0.1) is 0 Å². The molecule has 0 heterocycles. The number of benzene rings is 1. The normalized spacial score (nSPS) is 21.3. The summed E-state index contributed by atoms with van der Waals surface area (Å²) in [5.74, 6) is 1.78. The number of aliphatic hydroxyl groups excluding tert-OH is 1. The van der Waals surface area contributed by atoms with Crippen LogP contribution in [0.1, 0.15) is 42.9 Å². The first-order chi connectivity index (χ1) is 8.74. The van der Waals surface area contributed by atoms with Crippen molar-refractivity contribution in [2.45, 2.75) is 44.8 Å². The Bertz CT molecular complexity index is 380. The number of rotatable bonds is 6. The van der Waals surface area contributed by atoms with Crippen LogP contribution in [0.5, 0.6) is 0 Å². The zero-order valence-corrected chi connectivity index (χ0v) is 11.1. The molecule has 3 rings (SSSR count). The maximum Gasteiger partial charge on any atom is 0.0914 e. The molecule has 0 amide bonds. The minimum Gasteiger partial charge on any atom is -0.387 e. The molecule has 2 N–H and O–H groups in total. The van der Waals surface area contributed by atoms with Crippen molar-refractivity contribution in [3.8, 4) is 0 Å². The van der Waals surface area contributed by atoms with Crippen molar-refractivity contribution in [2.24, 2.45) is 11.8 Å². The van der Waals surface area contributed by atoms with Crippen LogP contribution in [0.2, 0.25) is 0 Å². The van der Waals surface area contributed by atoms with Gasteiger partial charge in [0.05, 0.1) is 6.10 Å². The maximum absolute atomic E-state index is 10.2. The van der Waals surface area contributed by atoms with Crippen LogP contribution in [0.25, 0.3) is 0 Å². The van der Waals surface area contributed by atoms with Gasteiger partial charge in [0.1, 0.15) is 0 Å². The van der Waals surface area contributed by atoms with E-state index in [4.69, 9.17) is 0 Å². The highest BCUT2D eigenvalue weighted by Crippen LogP contribution is 2.44. The summed E-state index contributed by atoms with van der Waals surface area (Å²) >= 11 is 0. The first kappa shape index (κ1) is 12.2. The molecule has 0 bridgehead atoms. The van der Waals surface area contributed by atoms with Crippen molar-refractivity contribution in [1.29, 1.82) is 0 Å². The molecule has 98 valence electrons. The molecule has 2 saturated carbocycles. The number of nitrogens with one attached hydrogen (secondary N) is 1. The summed E-state index contributed by atoms with van der Waals surface area (Å²) in [4.78, 5) is 0. The van der Waals surface area contributed by atoms with E-state index in [0.717, 1.165) is 17.4 Å². The summed E-state index contributed by atoms with van der Waals surface area (Å²) in [5.41, 5.74) is 2.27. The predicted octanol–water partition coefficient (Wildman–Crippen LogP) is 2.81. The number of aliphatic hydroxyl groups is 1. The minimum absolute atomic E-state index is 0.370. The topological polar surface area (TPSA) is 32.3 Å². The summed E-state index contributed by atoms with van der Waals surface area (Å²) < 4.78 is 0. The third kappa shape index (κ3) is 2.93. The molecule has 1 aromatic carbocycles. The van der Waals surface area contributed by atoms with Gasteiger partial charge in [-0.1, -0.05) is 29.8 Å². The Morgan fingerprint density at radius 1 is 1.11 bits per heavy atom. The fourth-order valence-corrected chi connectivity index (χ4v) is 2.78. The van der Waals surface area contributed by atoms with Gasteiger partial charge in [0.25, 0.3) is 0 Å². The van der Waals surface area contributed by atoms with Gasteiger partial charge in [0, 0.05) is 12.6 Å². The largest absolute Gasteiger partial charge is 0.387 e. The van der Waals surface area contributed by atoms with Crippen LogP contribution in [0, 0.1) is 18.8 Å². The molecule has 1 aromatic rings. The van der Waals surface area contributed by atoms with E-state index in [-0.39, 0.29) is 6.10 Å². The molecular weight excluding hydrogens is 222 g/mol. The fraction of sp³-hybridized carbons (Fsp3) is 0.625. The molecule has 2 aliphatic rings. The minimum atomic E-state index is -0.370. The Kier molecular flexibility index (Phi) is 3.40. The van der Waals surface area contributed by atoms with Crippen molar-refractivity contribution in [1.82, 2.24) is 5.32 Å². The smallest absolute Gasteiger partial charge is 0.0914 e. The molecule has 0 aromatic heterocycles. The third-order valence-electron chi connectivity index (χ3n) is 4.27. The number of hydrogen-bond acceptors (Lipinski definition) is 2. The first-order valence-corrected chi connectivity index (χ1v) is 7.22. The van der Waals surface area contributed by atoms with Gasteiger partial charge in [-0.25, -0.2) is 0 Å². The Labute approximate surface area is 109 Å². The van der Waals surface area contributed by atoms with E-state index < -0.39 is 0 Å². The second-order valence-corrected chi connectivity index (χ2v) is 6.04. The lowest BCUT2D eigenvalue weighted by Crippen LogP contribution is -2.36. The zero-order chi connectivity index (χ0) is 12.5. The summed E-state index contributed by atoms with van der Waals surface area (Å²) in [6.07, 6.45) is 5.17. The van der Waals surface area contributed by atoms with Crippen molar-refractivity contribution in [3.63, 3.8) is 0 Å². The Balaban J connectivity index is 1.53. The molecule has 1 atom stereocenters. The molecule has 0 saturated heterocycles. The average molecular weight is 245 g/mol. The van der Waals surface area contributed by atoms with E-state index in [0.29, 0.717) is 12.6 Å². The third-order valence-corrected chi connectivity index (χ3v) is 4.27. The van der Waals surface area contributed by atoms with Crippen molar-refractivity contribution < 1.29 is 5.11 Å². The summed E-state index contributed by atoms with van der Waals surface area (Å²) in [6, 6.07) is 8.87. The molecule has 2 aliphatic carbocycles. The lowest BCUT2D eigenvalue weighted by molar-refractivity contribution is 0.165. The quantitative estimate of drug-likeness (QED) is 0.807. The molecule has 2 nitrogen and oxygen atoms in total. The molecule has 1 unspecified atom stereocenters. The van der Waals surface area contributed by atoms with E-state index in [1.165, 1.54) is 31.2 Å². The monoisotopic (exact) mass is 245 g/mol. The Hall–Kier alpha value is -0.860. The summed E-state index contributed by atoms with van der Waals surface area (Å²) in [5, 5.41) is 13.8. The number of hydrogen-bond donors (Lipinski definition) is 2. The van der Waals surface area contributed by atoms with Crippen LogP contribution in [0.3, 0.4) is 0 Å². The zero-order valence-electron chi connectivity index (χ0n) is 11.1. The molecule has 2 heteroatoms. The average Bonchev–Trinajstić information content (AvgIpc) is 3.24. The van der Waals surface area contributed by atoms with Crippen LogP contribution >= 0.6 is 0 Å². The van der Waals surface area contributed by atoms with Gasteiger partial charge in [-0.2, -0.15) is 0 Å². The lowest BCUT2D eigenvalue weighted by atomic mass is 10.0. The van der Waals surface area contributed by atoms with Crippen LogP contribution in [0.15, 0.2) is 24.3 Å². The predicted molar refractivity (Wildman–Crippen MR) is 73.4 cm³/mol. The second kappa shape index (κ2) is 5.02. The molecule has 0 radical (unpaired) electrons. The standard InChI is InChI=1S/C16H23NO/c1-11-2-4-12(5-3-11)15(18)10-17-16(13-6-7-13)14-8-9-14/h2-5,13-18H,6-10H2,1H3.